The summed E-state index contributed by atoms with van der Waals surface area (Å²) >= 11 is 1.57. The maximum Gasteiger partial charge on any atom is 0.226 e. The molecule has 1 N–H and O–H groups in total. The van der Waals surface area contributed by atoms with Crippen LogP contribution in [0.4, 0.5) is 0 Å². The van der Waals surface area contributed by atoms with Gasteiger partial charge in [-0.25, -0.2) is 4.98 Å². The molecule has 2 aromatic heterocycles. The number of carbonyl (C=O) groups is 1. The lowest BCUT2D eigenvalue weighted by molar-refractivity contribution is -0.120. The highest BCUT2D eigenvalue weighted by Gasteiger charge is 2.05. The van der Waals surface area contributed by atoms with Crippen LogP contribution in [0.5, 0.6) is 0 Å². The van der Waals surface area contributed by atoms with Crippen LogP contribution in [0.15, 0.2) is 29.8 Å². The number of pyridine rings is 1. The van der Waals surface area contributed by atoms with Crippen molar-refractivity contribution in [3.8, 4) is 0 Å². The normalized spacial score (nSPS) is 10.3. The fourth-order valence-electron chi connectivity index (χ4n) is 1.59. The highest BCUT2D eigenvalue weighted by Crippen LogP contribution is 2.08. The van der Waals surface area contributed by atoms with E-state index in [1.807, 2.05) is 30.5 Å². The molecule has 0 fully saturated rings. The van der Waals surface area contributed by atoms with Gasteiger partial charge in [0.2, 0.25) is 5.91 Å². The minimum absolute atomic E-state index is 0.0104. The summed E-state index contributed by atoms with van der Waals surface area (Å²) in [7, 11) is 0. The summed E-state index contributed by atoms with van der Waals surface area (Å²) in [5, 5.41) is 5.79. The molecule has 0 saturated carbocycles. The van der Waals surface area contributed by atoms with E-state index in [0.29, 0.717) is 13.0 Å². The molecule has 1 amide bonds. The summed E-state index contributed by atoms with van der Waals surface area (Å²) in [4.78, 5) is 20.1. The molecule has 94 valence electrons. The fraction of sp³-hybridized carbons (Fsp3) is 0.308. The van der Waals surface area contributed by atoms with Gasteiger partial charge < -0.3 is 5.32 Å². The summed E-state index contributed by atoms with van der Waals surface area (Å²) in [6.45, 7) is 2.55. The van der Waals surface area contributed by atoms with E-state index in [1.54, 1.807) is 17.5 Å². The third-order valence-electron chi connectivity index (χ3n) is 2.44. The highest BCUT2D eigenvalue weighted by molar-refractivity contribution is 7.09. The Bertz CT molecular complexity index is 510. The van der Waals surface area contributed by atoms with Crippen LogP contribution < -0.4 is 5.32 Å². The maximum absolute atomic E-state index is 11.6. The van der Waals surface area contributed by atoms with Gasteiger partial charge in [-0.2, -0.15) is 0 Å². The predicted molar refractivity (Wildman–Crippen MR) is 71.5 cm³/mol. The molecule has 0 aliphatic carbocycles. The van der Waals surface area contributed by atoms with Crippen molar-refractivity contribution in [1.29, 1.82) is 0 Å². The van der Waals surface area contributed by atoms with Gasteiger partial charge in [0.1, 0.15) is 0 Å². The van der Waals surface area contributed by atoms with Gasteiger partial charge in [-0.1, -0.05) is 6.07 Å². The van der Waals surface area contributed by atoms with Crippen molar-refractivity contribution in [3.63, 3.8) is 0 Å². The number of aryl methyl sites for hydroxylation is 1. The minimum Gasteiger partial charge on any atom is -0.355 e. The van der Waals surface area contributed by atoms with Gasteiger partial charge >= 0.3 is 0 Å². The number of thiazole rings is 1. The van der Waals surface area contributed by atoms with Crippen molar-refractivity contribution in [2.24, 2.45) is 0 Å². The molecule has 0 saturated heterocycles. The lowest BCUT2D eigenvalue weighted by Gasteiger charge is -2.03. The molecule has 0 atom stereocenters. The van der Waals surface area contributed by atoms with E-state index in [-0.39, 0.29) is 5.91 Å². The van der Waals surface area contributed by atoms with Gasteiger partial charge in [0.05, 0.1) is 17.1 Å². The summed E-state index contributed by atoms with van der Waals surface area (Å²) in [5.74, 6) is 0.0104. The first-order chi connectivity index (χ1) is 8.74. The van der Waals surface area contributed by atoms with Gasteiger partial charge in [0, 0.05) is 30.2 Å². The molecular formula is C13H15N3OS. The van der Waals surface area contributed by atoms with Gasteiger partial charge in [-0.05, 0) is 19.1 Å². The topological polar surface area (TPSA) is 54.9 Å². The molecule has 4 nitrogen and oxygen atoms in total. The van der Waals surface area contributed by atoms with Gasteiger partial charge in [0.25, 0.3) is 0 Å². The molecular weight excluding hydrogens is 246 g/mol. The van der Waals surface area contributed by atoms with Crippen molar-refractivity contribution in [3.05, 3.63) is 46.2 Å². The predicted octanol–water partition coefficient (Wildman–Crippen LogP) is 1.75. The molecule has 0 aliphatic rings. The van der Waals surface area contributed by atoms with Gasteiger partial charge in [-0.3, -0.25) is 9.78 Å². The van der Waals surface area contributed by atoms with E-state index in [1.165, 1.54) is 0 Å². The maximum atomic E-state index is 11.6. The molecule has 0 aromatic carbocycles. The summed E-state index contributed by atoms with van der Waals surface area (Å²) in [6.07, 6.45) is 2.87. The average molecular weight is 261 g/mol. The Morgan fingerprint density at radius 1 is 1.39 bits per heavy atom. The second-order valence-corrected chi connectivity index (χ2v) is 5.02. The van der Waals surface area contributed by atoms with Crippen molar-refractivity contribution < 1.29 is 4.79 Å². The Morgan fingerprint density at radius 3 is 2.94 bits per heavy atom. The third-order valence-corrected chi connectivity index (χ3v) is 3.26. The fourth-order valence-corrected chi connectivity index (χ4v) is 2.21. The lowest BCUT2D eigenvalue weighted by Crippen LogP contribution is -2.27. The monoisotopic (exact) mass is 261 g/mol. The van der Waals surface area contributed by atoms with E-state index in [4.69, 9.17) is 0 Å². The van der Waals surface area contributed by atoms with Crippen molar-refractivity contribution >= 4 is 17.2 Å². The number of hydrogen-bond acceptors (Lipinski definition) is 4. The number of hydrogen-bond donors (Lipinski definition) is 1. The average Bonchev–Trinajstić information content (AvgIpc) is 2.76. The SMILES string of the molecule is Cc1nc(CC(=O)NCCc2ccccn2)cs1. The number of carbonyl (C=O) groups excluding carboxylic acids is 1. The quantitative estimate of drug-likeness (QED) is 0.892. The zero-order chi connectivity index (χ0) is 12.8. The molecule has 2 rings (SSSR count). The first-order valence-corrected chi connectivity index (χ1v) is 6.69. The number of amides is 1. The molecule has 0 aliphatic heterocycles. The van der Waals surface area contributed by atoms with Crippen LogP contribution in [-0.4, -0.2) is 22.4 Å². The Labute approximate surface area is 110 Å². The lowest BCUT2D eigenvalue weighted by atomic mass is 10.2. The van der Waals surface area contributed by atoms with Crippen LogP contribution in [0.25, 0.3) is 0 Å². The molecule has 0 radical (unpaired) electrons. The van der Waals surface area contributed by atoms with Gasteiger partial charge in [-0.15, -0.1) is 11.3 Å². The van der Waals surface area contributed by atoms with Crippen LogP contribution in [0.3, 0.4) is 0 Å². The van der Waals surface area contributed by atoms with Crippen LogP contribution >= 0.6 is 11.3 Å². The molecule has 5 heteroatoms. The van der Waals surface area contributed by atoms with Crippen molar-refractivity contribution in [1.82, 2.24) is 15.3 Å². The first-order valence-electron chi connectivity index (χ1n) is 5.81. The second-order valence-electron chi connectivity index (χ2n) is 3.96. The van der Waals surface area contributed by atoms with Crippen molar-refractivity contribution in [2.75, 3.05) is 6.54 Å². The van der Waals surface area contributed by atoms with E-state index < -0.39 is 0 Å². The largest absolute Gasteiger partial charge is 0.355 e. The molecule has 2 heterocycles. The highest BCUT2D eigenvalue weighted by atomic mass is 32.1. The Kier molecular flexibility index (Phi) is 4.41. The van der Waals surface area contributed by atoms with E-state index >= 15 is 0 Å². The standard InChI is InChI=1S/C13H15N3OS/c1-10-16-12(9-18-10)8-13(17)15-7-5-11-4-2-3-6-14-11/h2-4,6,9H,5,7-8H2,1H3,(H,15,17). The smallest absolute Gasteiger partial charge is 0.226 e. The molecule has 2 aromatic rings. The zero-order valence-electron chi connectivity index (χ0n) is 10.2. The molecule has 0 bridgehead atoms. The van der Waals surface area contributed by atoms with Crippen molar-refractivity contribution in [2.45, 2.75) is 19.8 Å². The Hall–Kier alpha value is -1.75. The number of nitrogens with zero attached hydrogens (tertiary/aromatic N) is 2. The van der Waals surface area contributed by atoms with Crippen LogP contribution in [0, 0.1) is 6.92 Å². The number of nitrogens with one attached hydrogen (secondary N) is 1. The van der Waals surface area contributed by atoms with Crippen LogP contribution in [-0.2, 0) is 17.6 Å². The zero-order valence-corrected chi connectivity index (χ0v) is 11.0. The Balaban J connectivity index is 1.72. The second kappa shape index (κ2) is 6.26. The van der Waals surface area contributed by atoms with E-state index in [0.717, 1.165) is 22.8 Å². The summed E-state index contributed by atoms with van der Waals surface area (Å²) in [5.41, 5.74) is 1.83. The minimum atomic E-state index is 0.0104. The number of rotatable bonds is 5. The summed E-state index contributed by atoms with van der Waals surface area (Å²) < 4.78 is 0. The Morgan fingerprint density at radius 2 is 2.28 bits per heavy atom. The van der Waals surface area contributed by atoms with E-state index in [9.17, 15) is 4.79 Å². The van der Waals surface area contributed by atoms with Crippen LogP contribution in [0.2, 0.25) is 0 Å². The molecule has 0 spiro atoms. The first kappa shape index (κ1) is 12.7. The summed E-state index contributed by atoms with van der Waals surface area (Å²) in [6, 6.07) is 5.78. The third kappa shape index (κ3) is 3.92. The molecule has 18 heavy (non-hydrogen) atoms. The van der Waals surface area contributed by atoms with Crippen LogP contribution in [0.1, 0.15) is 16.4 Å². The van der Waals surface area contributed by atoms with Gasteiger partial charge in [0.15, 0.2) is 0 Å². The van der Waals surface area contributed by atoms with E-state index in [2.05, 4.69) is 15.3 Å². The molecule has 0 unspecified atom stereocenters. The number of aromatic nitrogens is 2.